The average Bonchev–Trinajstić information content (AvgIpc) is 3.12. The molecule has 0 fully saturated rings. The number of fused-ring (bicyclic) bond motifs is 1. The van der Waals surface area contributed by atoms with E-state index in [1.54, 1.807) is 0 Å². The topological polar surface area (TPSA) is 46.9 Å². The molecule has 0 saturated heterocycles. The number of nitrogens with zero attached hydrogens (tertiary/aromatic N) is 2. The molecule has 0 radical (unpaired) electrons. The van der Waals surface area contributed by atoms with E-state index in [9.17, 15) is 4.79 Å². The summed E-state index contributed by atoms with van der Waals surface area (Å²) >= 11 is 1.53. The lowest BCUT2D eigenvalue weighted by atomic mass is 9.98. The first-order valence-corrected chi connectivity index (χ1v) is 8.00. The summed E-state index contributed by atoms with van der Waals surface area (Å²) < 4.78 is 2.20. The Morgan fingerprint density at radius 3 is 3.35 bits per heavy atom. The second kappa shape index (κ2) is 5.79. The molecule has 2 aromatic heterocycles. The zero-order valence-corrected chi connectivity index (χ0v) is 12.4. The molecule has 106 valence electrons. The van der Waals surface area contributed by atoms with E-state index in [1.165, 1.54) is 11.3 Å². The number of thiophene rings is 1. The van der Waals surface area contributed by atoms with Gasteiger partial charge >= 0.3 is 0 Å². The Balaban J connectivity index is 1.57. The fourth-order valence-electron chi connectivity index (χ4n) is 2.72. The van der Waals surface area contributed by atoms with Crippen LogP contribution < -0.4 is 5.32 Å². The molecule has 0 unspecified atom stereocenters. The number of carbonyl (C=O) groups excluding carboxylic acids is 1. The van der Waals surface area contributed by atoms with Gasteiger partial charge in [-0.2, -0.15) is 0 Å². The molecule has 0 bridgehead atoms. The Labute approximate surface area is 122 Å². The lowest BCUT2D eigenvalue weighted by Gasteiger charge is -2.23. The van der Waals surface area contributed by atoms with Crippen molar-refractivity contribution in [1.29, 1.82) is 0 Å². The third kappa shape index (κ3) is 2.63. The molecule has 3 rings (SSSR count). The highest BCUT2D eigenvalue weighted by Gasteiger charge is 2.20. The molecule has 1 atom stereocenters. The molecule has 2 aromatic rings. The molecule has 4 nitrogen and oxygen atoms in total. The zero-order valence-electron chi connectivity index (χ0n) is 11.6. The third-order valence-corrected chi connectivity index (χ3v) is 4.89. The fourth-order valence-corrected chi connectivity index (χ4v) is 3.63. The Bertz CT molecular complexity index is 602. The summed E-state index contributed by atoms with van der Waals surface area (Å²) in [6.07, 6.45) is 6.86. The first-order chi connectivity index (χ1) is 9.78. The minimum absolute atomic E-state index is 0.0748. The van der Waals surface area contributed by atoms with Crippen LogP contribution >= 0.6 is 11.3 Å². The van der Waals surface area contributed by atoms with Crippen LogP contribution in [0.15, 0.2) is 23.8 Å². The van der Waals surface area contributed by atoms with Crippen LogP contribution in [-0.2, 0) is 19.4 Å². The normalized spacial score (nSPS) is 17.8. The van der Waals surface area contributed by atoms with Crippen molar-refractivity contribution in [2.75, 3.05) is 6.54 Å². The Morgan fingerprint density at radius 1 is 1.60 bits per heavy atom. The maximum Gasteiger partial charge on any atom is 0.261 e. The summed E-state index contributed by atoms with van der Waals surface area (Å²) in [6.45, 7) is 3.83. The van der Waals surface area contributed by atoms with Gasteiger partial charge in [-0.3, -0.25) is 4.79 Å². The van der Waals surface area contributed by atoms with Gasteiger partial charge < -0.3 is 9.88 Å². The maximum absolute atomic E-state index is 12.2. The molecule has 0 spiro atoms. The van der Waals surface area contributed by atoms with E-state index < -0.39 is 0 Å². The minimum atomic E-state index is 0.0748. The highest BCUT2D eigenvalue weighted by atomic mass is 32.1. The summed E-state index contributed by atoms with van der Waals surface area (Å²) in [7, 11) is 0. The quantitative estimate of drug-likeness (QED) is 0.940. The van der Waals surface area contributed by atoms with Crippen LogP contribution in [0.1, 0.15) is 34.4 Å². The maximum atomic E-state index is 12.2. The van der Waals surface area contributed by atoms with Gasteiger partial charge in [0.1, 0.15) is 5.82 Å². The summed E-state index contributed by atoms with van der Waals surface area (Å²) in [6, 6.07) is 2.04. The van der Waals surface area contributed by atoms with E-state index in [-0.39, 0.29) is 5.91 Å². The molecule has 1 amide bonds. The highest BCUT2D eigenvalue weighted by molar-refractivity contribution is 7.12. The molecule has 1 N–H and O–H groups in total. The van der Waals surface area contributed by atoms with Crippen molar-refractivity contribution in [2.24, 2.45) is 5.92 Å². The molecule has 1 aliphatic heterocycles. The van der Waals surface area contributed by atoms with Gasteiger partial charge in [0.25, 0.3) is 5.91 Å². The first-order valence-electron chi connectivity index (χ1n) is 7.12. The van der Waals surface area contributed by atoms with Gasteiger partial charge in [-0.1, -0.05) is 6.92 Å². The predicted molar refractivity (Wildman–Crippen MR) is 80.1 cm³/mol. The molecule has 1 aliphatic rings. The molecule has 0 saturated carbocycles. The van der Waals surface area contributed by atoms with Gasteiger partial charge in [-0.25, -0.2) is 4.98 Å². The average molecular weight is 289 g/mol. The molecule has 5 heteroatoms. The summed E-state index contributed by atoms with van der Waals surface area (Å²) in [5, 5.41) is 5.08. The van der Waals surface area contributed by atoms with E-state index in [1.807, 2.05) is 23.8 Å². The Kier molecular flexibility index (Phi) is 3.87. The van der Waals surface area contributed by atoms with Crippen molar-refractivity contribution in [3.63, 3.8) is 0 Å². The molecular weight excluding hydrogens is 270 g/mol. The van der Waals surface area contributed by atoms with Crippen LogP contribution in [0, 0.1) is 5.92 Å². The number of nitrogens with one attached hydrogen (secondary N) is 1. The predicted octanol–water partition coefficient (Wildman–Crippen LogP) is 2.50. The Morgan fingerprint density at radius 2 is 2.50 bits per heavy atom. The van der Waals surface area contributed by atoms with Crippen LogP contribution in [0.5, 0.6) is 0 Å². The summed E-state index contributed by atoms with van der Waals surface area (Å²) in [4.78, 5) is 17.4. The van der Waals surface area contributed by atoms with Gasteiger partial charge in [0.15, 0.2) is 0 Å². The lowest BCUT2D eigenvalue weighted by Crippen LogP contribution is -2.33. The number of amides is 1. The van der Waals surface area contributed by atoms with Crippen molar-refractivity contribution in [3.8, 4) is 0 Å². The summed E-state index contributed by atoms with van der Waals surface area (Å²) in [5.41, 5.74) is 1.15. The van der Waals surface area contributed by atoms with Gasteiger partial charge in [0.2, 0.25) is 0 Å². The number of carbonyl (C=O) groups is 1. The van der Waals surface area contributed by atoms with E-state index in [2.05, 4.69) is 21.8 Å². The van der Waals surface area contributed by atoms with Gasteiger partial charge in [-0.15, -0.1) is 11.3 Å². The number of rotatable bonds is 4. The van der Waals surface area contributed by atoms with Crippen molar-refractivity contribution in [2.45, 2.75) is 32.7 Å². The minimum Gasteiger partial charge on any atom is -0.351 e. The van der Waals surface area contributed by atoms with E-state index >= 15 is 0 Å². The van der Waals surface area contributed by atoms with Crippen LogP contribution in [0.3, 0.4) is 0 Å². The highest BCUT2D eigenvalue weighted by Crippen LogP contribution is 2.20. The number of hydrogen-bond acceptors (Lipinski definition) is 3. The Hall–Kier alpha value is -1.62. The SMILES string of the molecule is CCc1ccsc1C(=O)NC[C@@H]1CCn2ccnc2C1. The largest absolute Gasteiger partial charge is 0.351 e. The zero-order chi connectivity index (χ0) is 13.9. The second-order valence-corrected chi connectivity index (χ2v) is 6.15. The monoisotopic (exact) mass is 289 g/mol. The molecule has 0 aromatic carbocycles. The van der Waals surface area contributed by atoms with Crippen LogP contribution in [-0.4, -0.2) is 22.0 Å². The third-order valence-electron chi connectivity index (χ3n) is 3.94. The van der Waals surface area contributed by atoms with Gasteiger partial charge in [0, 0.05) is 31.9 Å². The van der Waals surface area contributed by atoms with E-state index in [4.69, 9.17) is 0 Å². The van der Waals surface area contributed by atoms with E-state index in [0.29, 0.717) is 5.92 Å². The first kappa shape index (κ1) is 13.4. The van der Waals surface area contributed by atoms with Crippen molar-refractivity contribution in [1.82, 2.24) is 14.9 Å². The molecule has 20 heavy (non-hydrogen) atoms. The van der Waals surface area contributed by atoms with Crippen molar-refractivity contribution >= 4 is 17.2 Å². The van der Waals surface area contributed by atoms with Crippen molar-refractivity contribution < 1.29 is 4.79 Å². The van der Waals surface area contributed by atoms with Crippen LogP contribution in [0.25, 0.3) is 0 Å². The number of hydrogen-bond donors (Lipinski definition) is 1. The van der Waals surface area contributed by atoms with Gasteiger partial charge in [0.05, 0.1) is 4.88 Å². The molecule has 0 aliphatic carbocycles. The lowest BCUT2D eigenvalue weighted by molar-refractivity contribution is 0.0948. The number of aromatic nitrogens is 2. The van der Waals surface area contributed by atoms with Crippen molar-refractivity contribution in [3.05, 3.63) is 40.1 Å². The smallest absolute Gasteiger partial charge is 0.261 e. The summed E-state index contributed by atoms with van der Waals surface area (Å²) in [5.74, 6) is 1.71. The molecular formula is C15H19N3OS. The number of imidazole rings is 1. The van der Waals surface area contributed by atoms with Gasteiger partial charge in [-0.05, 0) is 35.8 Å². The van der Waals surface area contributed by atoms with Crippen LogP contribution in [0.4, 0.5) is 0 Å². The number of aryl methyl sites for hydroxylation is 2. The molecule has 3 heterocycles. The standard InChI is InChI=1S/C15H19N3OS/c1-2-12-4-8-20-14(12)15(19)17-10-11-3-6-18-7-5-16-13(18)9-11/h4-5,7-8,11H,2-3,6,9-10H2,1H3,(H,17,19)/t11-/m1/s1. The van der Waals surface area contributed by atoms with E-state index in [0.717, 1.165) is 48.6 Å². The van der Waals surface area contributed by atoms with Crippen LogP contribution in [0.2, 0.25) is 0 Å². The second-order valence-electron chi connectivity index (χ2n) is 5.23. The fraction of sp³-hybridized carbons (Fsp3) is 0.467.